The first-order chi connectivity index (χ1) is 28.9. The molecule has 63 heavy (non-hydrogen) atoms. The number of allylic oxidation sites excluding steroid dienone is 6. The maximum Gasteiger partial charge on any atom is 0.0570 e. The summed E-state index contributed by atoms with van der Waals surface area (Å²) in [5.74, 6) is 3.67. The van der Waals surface area contributed by atoms with Crippen LogP contribution in [0.15, 0.2) is 81.2 Å². The van der Waals surface area contributed by atoms with Crippen LogP contribution in [0.3, 0.4) is 0 Å². The van der Waals surface area contributed by atoms with Gasteiger partial charge in [0.2, 0.25) is 0 Å². The Hall–Kier alpha value is -3.10. The Bertz CT molecular complexity index is 2370. The number of hydrogen-bond donors (Lipinski definition) is 0. The molecule has 0 aromatic heterocycles. The summed E-state index contributed by atoms with van der Waals surface area (Å²) in [6.07, 6.45) is 0. The van der Waals surface area contributed by atoms with Crippen LogP contribution >= 0.6 is 23.2 Å². The molecule has 4 aromatic rings. The van der Waals surface area contributed by atoms with E-state index in [0.29, 0.717) is 23.7 Å². The van der Waals surface area contributed by atoms with E-state index in [9.17, 15) is 0 Å². The molecule has 3 heteroatoms. The van der Waals surface area contributed by atoms with Crippen LogP contribution in [0, 0.1) is 119 Å². The maximum atomic E-state index is 7.26. The van der Waals surface area contributed by atoms with Gasteiger partial charge in [0.15, 0.2) is 0 Å². The Kier molecular flexibility index (Phi) is 17.5. The van der Waals surface area contributed by atoms with E-state index >= 15 is 0 Å². The van der Waals surface area contributed by atoms with Crippen molar-refractivity contribution >= 4 is 72.8 Å². The van der Waals surface area contributed by atoms with Gasteiger partial charge in [-0.3, -0.25) is 0 Å². The predicted molar refractivity (Wildman–Crippen MR) is 285 cm³/mol. The van der Waals surface area contributed by atoms with Crippen LogP contribution < -0.4 is 0 Å². The molecule has 0 nitrogen and oxygen atoms in total. The number of aryl methyl sites for hydroxylation is 12. The van der Waals surface area contributed by atoms with Gasteiger partial charge < -0.3 is 0 Å². The van der Waals surface area contributed by atoms with Crippen molar-refractivity contribution in [1.82, 2.24) is 0 Å². The second-order valence-electron chi connectivity index (χ2n) is 19.7. The summed E-state index contributed by atoms with van der Waals surface area (Å²) < 4.78 is 0. The van der Waals surface area contributed by atoms with Crippen molar-refractivity contribution in [2.45, 2.75) is 138 Å². The Labute approximate surface area is 416 Å². The van der Waals surface area contributed by atoms with Crippen molar-refractivity contribution in [2.75, 3.05) is 0 Å². The predicted octanol–water partition coefficient (Wildman–Crippen LogP) is 18.1. The van der Waals surface area contributed by atoms with Gasteiger partial charge in [-0.15, -0.1) is 11.5 Å². The normalized spacial score (nSPS) is 14.9. The SMILES string of the molecule is Cc1cc(C)c(C2=C=C(c3c(C)cc(C)cc3C)C(C(C)C)=C(Cl)[C]2C(C)C)c(C)c1.Cc1cc(C)c(C2=C=C(c3c(C)cc(C)cc3C)C(C(C)C)=C(Cl)[C]2C(C)C)c(C)c1.[HH].[HH].[Pb]. The largest absolute Gasteiger partial charge is 0.107 e. The molecule has 0 saturated carbocycles. The third kappa shape index (κ3) is 10.8. The van der Waals surface area contributed by atoms with Gasteiger partial charge in [0.1, 0.15) is 0 Å². The average molecular weight is 1080 g/mol. The van der Waals surface area contributed by atoms with Gasteiger partial charge in [-0.25, -0.2) is 0 Å². The van der Waals surface area contributed by atoms with Crippen molar-refractivity contribution in [3.8, 4) is 0 Å². The van der Waals surface area contributed by atoms with Crippen molar-refractivity contribution in [3.63, 3.8) is 0 Å². The number of rotatable bonds is 8. The molecular formula is C60H76Cl2Pb. The van der Waals surface area contributed by atoms with Gasteiger partial charge >= 0.3 is 0 Å². The molecule has 0 N–H and O–H groups in total. The second-order valence-corrected chi connectivity index (χ2v) is 20.5. The fourth-order valence-electron chi connectivity index (χ4n) is 10.5. The fraction of sp³-hybridized carbons (Fsp3) is 0.400. The Morgan fingerprint density at radius 1 is 0.333 bits per heavy atom. The summed E-state index contributed by atoms with van der Waals surface area (Å²) in [6.45, 7) is 44.2. The van der Waals surface area contributed by atoms with Gasteiger partial charge in [-0.05, 0) is 185 Å². The number of benzene rings is 4. The monoisotopic (exact) mass is 1070 g/mol. The van der Waals surface area contributed by atoms with E-state index in [1.54, 1.807) is 0 Å². The molecular weight excluding hydrogens is 999 g/mol. The molecule has 2 aliphatic carbocycles. The molecule has 0 bridgehead atoms. The van der Waals surface area contributed by atoms with E-state index in [0.717, 1.165) is 32.4 Å². The zero-order chi connectivity index (χ0) is 46.4. The maximum absolute atomic E-state index is 7.26. The Balaban J connectivity index is 0.000000427. The Morgan fingerprint density at radius 3 is 0.698 bits per heavy atom. The molecule has 0 heterocycles. The zero-order valence-electron chi connectivity index (χ0n) is 42.2. The van der Waals surface area contributed by atoms with Crippen LogP contribution in [-0.2, 0) is 0 Å². The molecule has 0 atom stereocenters. The van der Waals surface area contributed by atoms with E-state index in [-0.39, 0.29) is 30.2 Å². The smallest absolute Gasteiger partial charge is 0.0570 e. The first-order valence-electron chi connectivity index (χ1n) is 22.8. The van der Waals surface area contributed by atoms with E-state index in [4.69, 9.17) is 23.2 Å². The standard InChI is InChI=1S/2C30H36Cl.Pb.2H2/c2*1-16(2)26-24(28-20(7)11-18(5)12-21(28)8)15-25(27(17(3)4)30(26)31)29-22(9)13-19(6)14-23(29)10;;;/h2*11-14,16-17H,1-10H3;;2*1H. The molecule has 0 aliphatic heterocycles. The number of halogens is 2. The molecule has 0 spiro atoms. The zero-order valence-corrected chi connectivity index (χ0v) is 47.6. The molecule has 6 rings (SSSR count). The van der Waals surface area contributed by atoms with Crippen LogP contribution in [0.1, 0.15) is 147 Å². The summed E-state index contributed by atoms with van der Waals surface area (Å²) in [5, 5.41) is 1.82. The topological polar surface area (TPSA) is 0 Å². The summed E-state index contributed by atoms with van der Waals surface area (Å²) in [6, 6.07) is 18.2. The molecule has 334 valence electrons. The minimum Gasteiger partial charge on any atom is -0.107 e. The summed E-state index contributed by atoms with van der Waals surface area (Å²) in [5.41, 5.74) is 35.5. The quantitative estimate of drug-likeness (QED) is 0.122. The average Bonchev–Trinajstić information content (AvgIpc) is 3.09. The van der Waals surface area contributed by atoms with Gasteiger partial charge in [0, 0.05) is 62.5 Å². The summed E-state index contributed by atoms with van der Waals surface area (Å²) in [7, 11) is 0. The van der Waals surface area contributed by atoms with Crippen molar-refractivity contribution in [2.24, 2.45) is 23.7 Å². The van der Waals surface area contributed by atoms with E-state index in [1.807, 2.05) is 0 Å². The second kappa shape index (κ2) is 21.0. The van der Waals surface area contributed by atoms with Gasteiger partial charge in [-0.2, -0.15) is 0 Å². The van der Waals surface area contributed by atoms with Crippen LogP contribution in [-0.4, -0.2) is 27.3 Å². The minimum absolute atomic E-state index is 0. The third-order valence-electron chi connectivity index (χ3n) is 12.5. The fourth-order valence-corrected chi connectivity index (χ4v) is 11.8. The minimum atomic E-state index is 0. The molecule has 4 aromatic carbocycles. The van der Waals surface area contributed by atoms with E-state index in [1.165, 1.54) is 112 Å². The van der Waals surface area contributed by atoms with Crippen LogP contribution in [0.25, 0.3) is 22.3 Å². The molecule has 0 saturated heterocycles. The van der Waals surface area contributed by atoms with Crippen LogP contribution in [0.2, 0.25) is 0 Å². The summed E-state index contributed by atoms with van der Waals surface area (Å²) in [4.78, 5) is 0. The van der Waals surface area contributed by atoms with E-state index < -0.39 is 0 Å². The van der Waals surface area contributed by atoms with Crippen LogP contribution in [0.5, 0.6) is 0 Å². The van der Waals surface area contributed by atoms with E-state index in [2.05, 4.69) is 198 Å². The number of hydrogen-bond acceptors (Lipinski definition) is 0. The van der Waals surface area contributed by atoms with Crippen molar-refractivity contribution < 1.29 is 2.85 Å². The van der Waals surface area contributed by atoms with Gasteiger partial charge in [0.25, 0.3) is 0 Å². The molecule has 0 fully saturated rings. The van der Waals surface area contributed by atoms with Crippen LogP contribution in [0.4, 0.5) is 0 Å². The van der Waals surface area contributed by atoms with Crippen molar-refractivity contribution in [1.29, 1.82) is 0 Å². The molecule has 0 unspecified atom stereocenters. The van der Waals surface area contributed by atoms with Gasteiger partial charge in [0.05, 0.1) is 11.8 Å². The van der Waals surface area contributed by atoms with Crippen molar-refractivity contribution in [3.05, 3.63) is 182 Å². The molecule has 0 amide bonds. The third-order valence-corrected chi connectivity index (χ3v) is 13.4. The molecule has 6 radical (unpaired) electrons. The first kappa shape index (κ1) is 52.5. The summed E-state index contributed by atoms with van der Waals surface area (Å²) >= 11 is 14.5. The Morgan fingerprint density at radius 2 is 0.524 bits per heavy atom. The first-order valence-corrected chi connectivity index (χ1v) is 23.5. The molecule has 2 aliphatic rings. The van der Waals surface area contributed by atoms with Gasteiger partial charge in [-0.1, -0.05) is 149 Å².